The third-order valence-corrected chi connectivity index (χ3v) is 9.39. The lowest BCUT2D eigenvalue weighted by Gasteiger charge is -2.11. The smallest absolute Gasteiger partial charge is 0.161 e. The highest BCUT2D eigenvalue weighted by Crippen LogP contribution is 2.40. The van der Waals surface area contributed by atoms with Crippen LogP contribution in [0.15, 0.2) is 189 Å². The van der Waals surface area contributed by atoms with E-state index in [1.807, 2.05) is 72.8 Å². The summed E-state index contributed by atoms with van der Waals surface area (Å²) in [5.41, 5.74) is 10.1. The molecule has 0 saturated carbocycles. The quantitative estimate of drug-likeness (QED) is 0.130. The predicted octanol–water partition coefficient (Wildman–Crippen LogP) is 11.4. The summed E-state index contributed by atoms with van der Waals surface area (Å²) in [6.45, 7) is 4.41. The molecule has 0 unspecified atom stereocenters. The number of fused-ring (bicyclic) bond motifs is 7. The van der Waals surface area contributed by atoms with Crippen LogP contribution in [0.4, 0.5) is 0 Å². The van der Waals surface area contributed by atoms with Gasteiger partial charge in [-0.15, -0.1) is 0 Å². The lowest BCUT2D eigenvalue weighted by molar-refractivity contribution is 0.673. The standard InChI is InChI=1S/C46H32N4O/c1-47-45(49-46(32-16-6-3-7-17-32)48-30-31-14-4-2-5-15-31)35-20-12-18-33(28-35)34-19-13-21-36(29-34)50-40-24-10-8-23-39(40)43-41(50)27-26-38-37-22-9-11-25-42(37)51-44(38)43/h2-29H,1,30H2. The summed E-state index contributed by atoms with van der Waals surface area (Å²) in [6.07, 6.45) is 0. The van der Waals surface area contributed by atoms with Crippen molar-refractivity contribution in [2.24, 2.45) is 15.0 Å². The molecule has 0 aliphatic rings. The Morgan fingerprint density at radius 3 is 2.06 bits per heavy atom. The second-order valence-corrected chi connectivity index (χ2v) is 12.5. The Morgan fingerprint density at radius 2 is 1.24 bits per heavy atom. The van der Waals surface area contributed by atoms with Crippen molar-refractivity contribution in [3.05, 3.63) is 187 Å². The number of rotatable bonds is 6. The van der Waals surface area contributed by atoms with Crippen LogP contribution < -0.4 is 0 Å². The van der Waals surface area contributed by atoms with Crippen LogP contribution >= 0.6 is 0 Å². The van der Waals surface area contributed by atoms with Crippen LogP contribution in [-0.4, -0.2) is 23.0 Å². The number of para-hydroxylation sites is 2. The molecular formula is C46H32N4O. The van der Waals surface area contributed by atoms with Crippen LogP contribution in [0.5, 0.6) is 0 Å². The van der Waals surface area contributed by atoms with E-state index in [1.165, 1.54) is 0 Å². The molecular weight excluding hydrogens is 625 g/mol. The first kappa shape index (κ1) is 30.2. The fourth-order valence-corrected chi connectivity index (χ4v) is 7.00. The van der Waals surface area contributed by atoms with Crippen molar-refractivity contribution in [2.75, 3.05) is 0 Å². The van der Waals surface area contributed by atoms with Crippen LogP contribution in [0.3, 0.4) is 0 Å². The van der Waals surface area contributed by atoms with Gasteiger partial charge >= 0.3 is 0 Å². The van der Waals surface area contributed by atoms with Crippen molar-refractivity contribution in [3.63, 3.8) is 0 Å². The van der Waals surface area contributed by atoms with Gasteiger partial charge in [0.25, 0.3) is 0 Å². The van der Waals surface area contributed by atoms with Crippen molar-refractivity contribution >= 4 is 62.1 Å². The minimum atomic E-state index is 0.510. The first-order valence-electron chi connectivity index (χ1n) is 17.0. The first-order valence-corrected chi connectivity index (χ1v) is 17.0. The van der Waals surface area contributed by atoms with Gasteiger partial charge in [-0.1, -0.05) is 127 Å². The van der Waals surface area contributed by atoms with Crippen LogP contribution in [0, 0.1) is 0 Å². The Hall–Kier alpha value is -6.85. The second-order valence-electron chi connectivity index (χ2n) is 12.5. The highest BCUT2D eigenvalue weighted by molar-refractivity contribution is 6.23. The molecule has 0 bridgehead atoms. The van der Waals surface area contributed by atoms with E-state index in [0.717, 1.165) is 77.2 Å². The maximum absolute atomic E-state index is 6.51. The predicted molar refractivity (Wildman–Crippen MR) is 213 cm³/mol. The van der Waals surface area contributed by atoms with Gasteiger partial charge in [0.2, 0.25) is 0 Å². The monoisotopic (exact) mass is 656 g/mol. The van der Waals surface area contributed by atoms with E-state index in [1.54, 1.807) is 0 Å². The largest absolute Gasteiger partial charge is 0.455 e. The van der Waals surface area contributed by atoms with Gasteiger partial charge in [-0.2, -0.15) is 0 Å². The maximum atomic E-state index is 6.51. The molecule has 0 fully saturated rings. The number of amidine groups is 2. The molecule has 5 heteroatoms. The molecule has 0 spiro atoms. The summed E-state index contributed by atoms with van der Waals surface area (Å²) >= 11 is 0. The van der Waals surface area contributed by atoms with E-state index in [4.69, 9.17) is 14.4 Å². The third-order valence-electron chi connectivity index (χ3n) is 9.39. The minimum Gasteiger partial charge on any atom is -0.455 e. The van der Waals surface area contributed by atoms with Gasteiger partial charge < -0.3 is 8.98 Å². The summed E-state index contributed by atoms with van der Waals surface area (Å²) in [6, 6.07) is 58.4. The fourth-order valence-electron chi connectivity index (χ4n) is 7.00. The van der Waals surface area contributed by atoms with E-state index < -0.39 is 0 Å². The Morgan fingerprint density at radius 1 is 0.549 bits per heavy atom. The number of hydrogen-bond acceptors (Lipinski definition) is 2. The van der Waals surface area contributed by atoms with Gasteiger partial charge in [-0.25, -0.2) is 9.98 Å². The lowest BCUT2D eigenvalue weighted by atomic mass is 10.0. The summed E-state index contributed by atoms with van der Waals surface area (Å²) in [4.78, 5) is 14.3. The molecule has 9 aromatic rings. The average molecular weight is 657 g/mol. The molecule has 0 saturated heterocycles. The highest BCUT2D eigenvalue weighted by Gasteiger charge is 2.19. The number of aliphatic imine (C=N–C) groups is 3. The third kappa shape index (κ3) is 5.51. The number of hydrogen-bond donors (Lipinski definition) is 0. The molecule has 0 radical (unpaired) electrons. The van der Waals surface area contributed by atoms with Gasteiger partial charge in [0.1, 0.15) is 11.2 Å². The van der Waals surface area contributed by atoms with Crippen molar-refractivity contribution in [3.8, 4) is 16.8 Å². The lowest BCUT2D eigenvalue weighted by Crippen LogP contribution is -2.05. The van der Waals surface area contributed by atoms with E-state index >= 15 is 0 Å². The van der Waals surface area contributed by atoms with E-state index in [2.05, 4.69) is 113 Å². The zero-order valence-electron chi connectivity index (χ0n) is 27.8. The zero-order valence-corrected chi connectivity index (χ0v) is 27.8. The van der Waals surface area contributed by atoms with Gasteiger partial charge in [0.15, 0.2) is 11.7 Å². The van der Waals surface area contributed by atoms with Gasteiger partial charge in [0, 0.05) is 33.0 Å². The Bertz CT molecular complexity index is 2790. The average Bonchev–Trinajstić information content (AvgIpc) is 3.75. The fraction of sp³-hybridized carbons (Fsp3) is 0.0217. The molecule has 0 aliphatic heterocycles. The minimum absolute atomic E-state index is 0.510. The summed E-state index contributed by atoms with van der Waals surface area (Å²) in [5.74, 6) is 1.13. The van der Waals surface area contributed by atoms with Crippen LogP contribution in [0.25, 0.3) is 60.6 Å². The second kappa shape index (κ2) is 12.9. The van der Waals surface area contributed by atoms with Gasteiger partial charge in [0.05, 0.1) is 23.0 Å². The molecule has 9 rings (SSSR count). The van der Waals surface area contributed by atoms with Crippen molar-refractivity contribution in [1.29, 1.82) is 0 Å². The van der Waals surface area contributed by atoms with Gasteiger partial charge in [-0.3, -0.25) is 4.99 Å². The van der Waals surface area contributed by atoms with Crippen molar-refractivity contribution in [2.45, 2.75) is 6.54 Å². The van der Waals surface area contributed by atoms with Crippen LogP contribution in [-0.2, 0) is 6.54 Å². The molecule has 0 amide bonds. The highest BCUT2D eigenvalue weighted by atomic mass is 16.3. The molecule has 242 valence electrons. The SMILES string of the molecule is C=NC(=NC(=NCc1ccccc1)c1ccccc1)c1cccc(-c2cccc(-n3c4ccccc4c4c5oc6ccccc6c5ccc43)c2)c1. The zero-order chi connectivity index (χ0) is 34.1. The van der Waals surface area contributed by atoms with E-state index in [0.29, 0.717) is 18.2 Å². The van der Waals surface area contributed by atoms with E-state index in [9.17, 15) is 0 Å². The van der Waals surface area contributed by atoms with E-state index in [-0.39, 0.29) is 0 Å². The molecule has 51 heavy (non-hydrogen) atoms. The molecule has 0 aliphatic carbocycles. The molecule has 0 atom stereocenters. The van der Waals surface area contributed by atoms with Crippen LogP contribution in [0.1, 0.15) is 16.7 Å². The number of aromatic nitrogens is 1. The molecule has 7 aromatic carbocycles. The maximum Gasteiger partial charge on any atom is 0.161 e. The molecule has 2 heterocycles. The summed E-state index contributed by atoms with van der Waals surface area (Å²) in [5, 5.41) is 4.53. The Labute approximate surface area is 295 Å². The topological polar surface area (TPSA) is 55.1 Å². The van der Waals surface area contributed by atoms with Crippen molar-refractivity contribution in [1.82, 2.24) is 4.57 Å². The first-order chi connectivity index (χ1) is 25.2. The summed E-state index contributed by atoms with van der Waals surface area (Å²) < 4.78 is 8.84. The normalized spacial score (nSPS) is 12.3. The molecule has 0 N–H and O–H groups in total. The van der Waals surface area contributed by atoms with Gasteiger partial charge in [-0.05, 0) is 65.9 Å². The molecule has 5 nitrogen and oxygen atoms in total. The molecule has 2 aromatic heterocycles. The number of nitrogens with zero attached hydrogens (tertiary/aromatic N) is 4. The number of furan rings is 1. The summed E-state index contributed by atoms with van der Waals surface area (Å²) in [7, 11) is 0. The number of benzene rings is 7. The Kier molecular flexibility index (Phi) is 7.63. The van der Waals surface area contributed by atoms with Crippen molar-refractivity contribution < 1.29 is 4.42 Å². The van der Waals surface area contributed by atoms with Crippen LogP contribution in [0.2, 0.25) is 0 Å². The Balaban J connectivity index is 1.13.